The van der Waals surface area contributed by atoms with Gasteiger partial charge in [0.15, 0.2) is 8.32 Å². The summed E-state index contributed by atoms with van der Waals surface area (Å²) in [6.45, 7) is 6.82. The Kier molecular flexibility index (Phi) is 4.01. The highest BCUT2D eigenvalue weighted by atomic mass is 127. The molecule has 0 aromatic carbocycles. The van der Waals surface area contributed by atoms with Crippen molar-refractivity contribution >= 4 is 30.9 Å². The Morgan fingerprint density at radius 2 is 1.77 bits per heavy atom. The quantitative estimate of drug-likeness (QED) is 0.563. The van der Waals surface area contributed by atoms with Gasteiger partial charge in [-0.05, 0) is 42.6 Å². The molecule has 0 heterocycles. The molecule has 0 unspecified atom stereocenters. The predicted octanol–water partition coefficient (Wildman–Crippen LogP) is 4.10. The van der Waals surface area contributed by atoms with E-state index in [1.807, 2.05) is 0 Å². The first-order chi connectivity index (χ1) is 5.97. The molecule has 3 heteroatoms. The topological polar surface area (TPSA) is 9.23 Å². The van der Waals surface area contributed by atoms with E-state index in [1.165, 1.54) is 25.7 Å². The molecule has 0 bridgehead atoms. The lowest BCUT2D eigenvalue weighted by Crippen LogP contribution is -2.39. The lowest BCUT2D eigenvalue weighted by atomic mass is 10.0. The van der Waals surface area contributed by atoms with Gasteiger partial charge < -0.3 is 4.43 Å². The fourth-order valence-electron chi connectivity index (χ4n) is 2.00. The lowest BCUT2D eigenvalue weighted by Gasteiger charge is -2.33. The molecule has 1 aliphatic rings. The second kappa shape index (κ2) is 4.44. The summed E-state index contributed by atoms with van der Waals surface area (Å²) in [5, 5.41) is 0. The summed E-state index contributed by atoms with van der Waals surface area (Å²) in [6.07, 6.45) is 7.35. The molecule has 0 atom stereocenters. The van der Waals surface area contributed by atoms with Crippen molar-refractivity contribution in [1.82, 2.24) is 0 Å². The zero-order valence-corrected chi connectivity index (χ0v) is 11.9. The van der Waals surface area contributed by atoms with E-state index >= 15 is 0 Å². The highest BCUT2D eigenvalue weighted by Crippen LogP contribution is 2.37. The van der Waals surface area contributed by atoms with Crippen LogP contribution >= 0.6 is 22.6 Å². The average molecular weight is 310 g/mol. The molecule has 0 aromatic heterocycles. The van der Waals surface area contributed by atoms with Crippen LogP contribution in [0.2, 0.25) is 19.6 Å². The van der Waals surface area contributed by atoms with Crippen LogP contribution in [-0.4, -0.2) is 13.9 Å². The molecule has 0 N–H and O–H groups in total. The fraction of sp³-hybridized carbons (Fsp3) is 0.800. The predicted molar refractivity (Wildman–Crippen MR) is 68.8 cm³/mol. The molecule has 0 aromatic rings. The summed E-state index contributed by atoms with van der Waals surface area (Å²) in [5.74, 6) is 0. The van der Waals surface area contributed by atoms with Crippen LogP contribution in [-0.2, 0) is 4.43 Å². The molecule has 0 aliphatic heterocycles. The summed E-state index contributed by atoms with van der Waals surface area (Å²) in [7, 11) is -1.39. The van der Waals surface area contributed by atoms with Crippen LogP contribution in [0.1, 0.15) is 25.7 Å². The SMILES string of the molecule is C[Si](C)(C)OC1(/C=C/I)CCCC1. The Hall–Kier alpha value is 0.647. The number of hydrogen-bond donors (Lipinski definition) is 0. The molecule has 1 fully saturated rings. The molecule has 0 amide bonds. The zero-order chi connectivity index (χ0) is 9.95. The van der Waals surface area contributed by atoms with Crippen LogP contribution < -0.4 is 0 Å². The monoisotopic (exact) mass is 310 g/mol. The standard InChI is InChI=1S/C10H19IOSi/c1-13(2,3)12-10(8-9-11)6-4-5-7-10/h8-9H,4-7H2,1-3H3/b9-8+. The summed E-state index contributed by atoms with van der Waals surface area (Å²) < 4.78 is 8.39. The maximum absolute atomic E-state index is 6.27. The molecule has 13 heavy (non-hydrogen) atoms. The van der Waals surface area contributed by atoms with Crippen molar-refractivity contribution in [2.75, 3.05) is 0 Å². The minimum atomic E-state index is -1.39. The lowest BCUT2D eigenvalue weighted by molar-refractivity contribution is 0.120. The van der Waals surface area contributed by atoms with E-state index < -0.39 is 8.32 Å². The van der Waals surface area contributed by atoms with Gasteiger partial charge in [-0.1, -0.05) is 35.4 Å². The molecule has 0 radical (unpaired) electrons. The van der Waals surface area contributed by atoms with E-state index in [4.69, 9.17) is 4.43 Å². The minimum absolute atomic E-state index is 0.103. The molecule has 0 saturated heterocycles. The van der Waals surface area contributed by atoms with Crippen molar-refractivity contribution in [1.29, 1.82) is 0 Å². The van der Waals surface area contributed by atoms with Crippen LogP contribution in [0.5, 0.6) is 0 Å². The normalized spacial score (nSPS) is 22.8. The Morgan fingerprint density at radius 1 is 1.23 bits per heavy atom. The van der Waals surface area contributed by atoms with E-state index in [9.17, 15) is 0 Å². The van der Waals surface area contributed by atoms with Crippen molar-refractivity contribution in [3.8, 4) is 0 Å². The maximum Gasteiger partial charge on any atom is 0.184 e. The Balaban J connectivity index is 2.68. The number of hydrogen-bond acceptors (Lipinski definition) is 1. The van der Waals surface area contributed by atoms with Gasteiger partial charge in [0.25, 0.3) is 0 Å². The van der Waals surface area contributed by atoms with Crippen LogP contribution in [0.15, 0.2) is 10.2 Å². The van der Waals surface area contributed by atoms with Gasteiger partial charge >= 0.3 is 0 Å². The zero-order valence-electron chi connectivity index (χ0n) is 8.77. The first kappa shape index (κ1) is 11.7. The molecular weight excluding hydrogens is 291 g/mol. The van der Waals surface area contributed by atoms with Crippen LogP contribution in [0.4, 0.5) is 0 Å². The average Bonchev–Trinajstić information content (AvgIpc) is 2.33. The fourth-order valence-corrected chi connectivity index (χ4v) is 4.15. The third kappa shape index (κ3) is 3.71. The van der Waals surface area contributed by atoms with Gasteiger partial charge in [-0.3, -0.25) is 0 Å². The van der Waals surface area contributed by atoms with Crippen LogP contribution in [0.3, 0.4) is 0 Å². The third-order valence-electron chi connectivity index (χ3n) is 2.33. The van der Waals surface area contributed by atoms with Gasteiger partial charge in [-0.15, -0.1) is 0 Å². The highest BCUT2D eigenvalue weighted by Gasteiger charge is 2.36. The smallest absolute Gasteiger partial charge is 0.184 e. The Morgan fingerprint density at radius 3 is 2.15 bits per heavy atom. The number of rotatable bonds is 3. The van der Waals surface area contributed by atoms with E-state index in [0.717, 1.165) is 0 Å². The molecule has 1 aliphatic carbocycles. The van der Waals surface area contributed by atoms with E-state index in [0.29, 0.717) is 0 Å². The first-order valence-electron chi connectivity index (χ1n) is 4.96. The van der Waals surface area contributed by atoms with Crippen LogP contribution in [0.25, 0.3) is 0 Å². The second-order valence-electron chi connectivity index (χ2n) is 4.78. The molecular formula is C10H19IOSi. The Bertz CT molecular complexity index is 190. The van der Waals surface area contributed by atoms with Gasteiger partial charge in [0.2, 0.25) is 0 Å². The van der Waals surface area contributed by atoms with Gasteiger partial charge in [0, 0.05) is 0 Å². The van der Waals surface area contributed by atoms with Gasteiger partial charge in [-0.2, -0.15) is 0 Å². The van der Waals surface area contributed by atoms with E-state index in [1.54, 1.807) is 0 Å². The molecule has 76 valence electrons. The third-order valence-corrected chi connectivity index (χ3v) is 3.70. The van der Waals surface area contributed by atoms with Gasteiger partial charge in [-0.25, -0.2) is 0 Å². The molecule has 0 spiro atoms. The van der Waals surface area contributed by atoms with Crippen LogP contribution in [0, 0.1) is 0 Å². The summed E-state index contributed by atoms with van der Waals surface area (Å²) in [4.78, 5) is 0. The van der Waals surface area contributed by atoms with Crippen molar-refractivity contribution in [3.63, 3.8) is 0 Å². The second-order valence-corrected chi connectivity index (χ2v) is 9.93. The van der Waals surface area contributed by atoms with Crippen molar-refractivity contribution in [3.05, 3.63) is 10.2 Å². The first-order valence-corrected chi connectivity index (χ1v) is 9.61. The minimum Gasteiger partial charge on any atom is -0.409 e. The van der Waals surface area contributed by atoms with E-state index in [2.05, 4.69) is 52.4 Å². The van der Waals surface area contributed by atoms with E-state index in [-0.39, 0.29) is 5.60 Å². The summed E-state index contributed by atoms with van der Waals surface area (Å²) in [6, 6.07) is 0. The highest BCUT2D eigenvalue weighted by molar-refractivity contribution is 14.1. The number of halogens is 1. The molecule has 1 rings (SSSR count). The largest absolute Gasteiger partial charge is 0.409 e. The van der Waals surface area contributed by atoms with Crippen molar-refractivity contribution in [2.24, 2.45) is 0 Å². The molecule has 1 nitrogen and oxygen atoms in total. The van der Waals surface area contributed by atoms with Crippen molar-refractivity contribution in [2.45, 2.75) is 50.9 Å². The van der Waals surface area contributed by atoms with Crippen molar-refractivity contribution < 1.29 is 4.43 Å². The maximum atomic E-state index is 6.27. The summed E-state index contributed by atoms with van der Waals surface area (Å²) in [5.41, 5.74) is 0.103. The Labute approximate surface area is 96.2 Å². The van der Waals surface area contributed by atoms with Gasteiger partial charge in [0.05, 0.1) is 5.60 Å². The molecule has 1 saturated carbocycles. The van der Waals surface area contributed by atoms with Gasteiger partial charge in [0.1, 0.15) is 0 Å². The summed E-state index contributed by atoms with van der Waals surface area (Å²) >= 11 is 2.29.